The highest BCUT2D eigenvalue weighted by Gasteiger charge is 2.42. The number of ether oxygens (including phenoxy) is 2. The fourth-order valence-corrected chi connectivity index (χ4v) is 5.37. The zero-order chi connectivity index (χ0) is 30.0. The molecule has 0 spiro atoms. The second-order valence-electron chi connectivity index (χ2n) is 10.2. The molecule has 10 N–H and O–H groups in total. The van der Waals surface area contributed by atoms with Gasteiger partial charge < -0.3 is 60.5 Å². The third kappa shape index (κ3) is 4.16. The van der Waals surface area contributed by atoms with Crippen LogP contribution < -0.4 is 9.47 Å². The molecule has 12 nitrogen and oxygen atoms in total. The van der Waals surface area contributed by atoms with Crippen molar-refractivity contribution in [2.24, 2.45) is 0 Å². The van der Waals surface area contributed by atoms with Crippen molar-refractivity contribution in [3.05, 3.63) is 82.9 Å². The molecule has 6 atom stereocenters. The van der Waals surface area contributed by atoms with Gasteiger partial charge in [-0.2, -0.15) is 0 Å². The minimum absolute atomic E-state index is 0.0397. The van der Waals surface area contributed by atoms with Crippen LogP contribution in [0.2, 0.25) is 0 Å². The average molecular weight is 579 g/mol. The van der Waals surface area contributed by atoms with Crippen LogP contribution in [0, 0.1) is 0 Å². The van der Waals surface area contributed by atoms with E-state index in [0.717, 1.165) is 12.1 Å². The van der Waals surface area contributed by atoms with Crippen LogP contribution in [0.15, 0.2) is 60.7 Å². The van der Waals surface area contributed by atoms with Crippen molar-refractivity contribution in [1.29, 1.82) is 0 Å². The highest BCUT2D eigenvalue weighted by molar-refractivity contribution is 5.85. The van der Waals surface area contributed by atoms with Gasteiger partial charge in [0, 0.05) is 22.3 Å². The molecule has 0 saturated heterocycles. The Kier molecular flexibility index (Phi) is 6.43. The van der Waals surface area contributed by atoms with Crippen molar-refractivity contribution in [2.75, 3.05) is 0 Å². The summed E-state index contributed by atoms with van der Waals surface area (Å²) < 4.78 is 11.5. The third-order valence-corrected chi connectivity index (χ3v) is 7.64. The van der Waals surface area contributed by atoms with E-state index in [-0.39, 0.29) is 45.3 Å². The number of aliphatic hydroxyl groups is 4. The molecule has 4 aromatic carbocycles. The lowest BCUT2D eigenvalue weighted by atomic mass is 9.87. The van der Waals surface area contributed by atoms with E-state index in [0.29, 0.717) is 11.1 Å². The predicted octanol–water partition coefficient (Wildman–Crippen LogP) is 2.64. The summed E-state index contributed by atoms with van der Waals surface area (Å²) in [7, 11) is 0. The first-order valence-electron chi connectivity index (χ1n) is 12.8. The number of benzene rings is 4. The van der Waals surface area contributed by atoms with Gasteiger partial charge in [0.2, 0.25) is 11.5 Å². The van der Waals surface area contributed by atoms with Gasteiger partial charge in [-0.1, -0.05) is 24.3 Å². The molecule has 0 bridgehead atoms. The second-order valence-corrected chi connectivity index (χ2v) is 10.2. The molecular formula is C30H26O12. The molecule has 42 heavy (non-hydrogen) atoms. The van der Waals surface area contributed by atoms with E-state index in [2.05, 4.69) is 0 Å². The first-order valence-corrected chi connectivity index (χ1v) is 12.8. The predicted molar refractivity (Wildman–Crippen MR) is 143 cm³/mol. The van der Waals surface area contributed by atoms with Crippen molar-refractivity contribution >= 4 is 0 Å². The van der Waals surface area contributed by atoms with Crippen LogP contribution in [0.3, 0.4) is 0 Å². The molecule has 0 fully saturated rings. The zero-order valence-electron chi connectivity index (χ0n) is 21.5. The summed E-state index contributed by atoms with van der Waals surface area (Å²) in [6, 6.07) is 13.5. The molecule has 2 aliphatic heterocycles. The van der Waals surface area contributed by atoms with Crippen molar-refractivity contribution in [1.82, 2.24) is 0 Å². The molecule has 0 aromatic heterocycles. The van der Waals surface area contributed by atoms with Gasteiger partial charge in [0.05, 0.1) is 0 Å². The van der Waals surface area contributed by atoms with Gasteiger partial charge in [-0.05, 0) is 47.5 Å². The normalized spacial score (nSPS) is 24.7. The Morgan fingerprint density at radius 3 is 1.12 bits per heavy atom. The largest absolute Gasteiger partial charge is 0.508 e. The van der Waals surface area contributed by atoms with Gasteiger partial charge in [0.15, 0.2) is 35.2 Å². The van der Waals surface area contributed by atoms with E-state index in [1.165, 1.54) is 48.5 Å². The fourth-order valence-electron chi connectivity index (χ4n) is 5.37. The number of aliphatic hydroxyl groups excluding tert-OH is 4. The van der Waals surface area contributed by atoms with Crippen molar-refractivity contribution in [2.45, 2.75) is 36.6 Å². The first-order chi connectivity index (χ1) is 20.0. The number of phenolic OH excluding ortho intramolecular Hbond substituents is 6. The highest BCUT2D eigenvalue weighted by atomic mass is 16.5. The Morgan fingerprint density at radius 2 is 0.786 bits per heavy atom. The van der Waals surface area contributed by atoms with Crippen LogP contribution in [0.4, 0.5) is 0 Å². The van der Waals surface area contributed by atoms with Gasteiger partial charge in [-0.15, -0.1) is 0 Å². The topological polar surface area (TPSA) is 221 Å². The quantitative estimate of drug-likeness (QED) is 0.159. The Morgan fingerprint density at radius 1 is 0.452 bits per heavy atom. The molecule has 2 aliphatic rings. The molecule has 0 radical (unpaired) electrons. The van der Waals surface area contributed by atoms with E-state index in [4.69, 9.17) is 9.47 Å². The molecule has 218 valence electrons. The summed E-state index contributed by atoms with van der Waals surface area (Å²) in [5.74, 6) is -4.07. The lowest BCUT2D eigenvalue weighted by Crippen LogP contribution is -2.34. The van der Waals surface area contributed by atoms with Crippen LogP contribution in [0.1, 0.15) is 46.7 Å². The number of hydrogen-bond acceptors (Lipinski definition) is 12. The van der Waals surface area contributed by atoms with Crippen molar-refractivity contribution in [3.8, 4) is 57.1 Å². The summed E-state index contributed by atoms with van der Waals surface area (Å²) in [4.78, 5) is 0. The molecule has 2 heterocycles. The number of fused-ring (bicyclic) bond motifs is 2. The Balaban J connectivity index is 1.43. The number of phenols is 6. The Hall–Kier alpha value is -4.88. The number of rotatable bonds is 3. The van der Waals surface area contributed by atoms with Crippen LogP contribution in [0.25, 0.3) is 11.1 Å². The molecule has 6 rings (SSSR count). The lowest BCUT2D eigenvalue weighted by Gasteiger charge is -2.36. The van der Waals surface area contributed by atoms with Crippen molar-refractivity contribution in [3.63, 3.8) is 0 Å². The zero-order valence-corrected chi connectivity index (χ0v) is 21.5. The summed E-state index contributed by atoms with van der Waals surface area (Å²) >= 11 is 0. The second kappa shape index (κ2) is 9.89. The molecule has 4 aromatic rings. The van der Waals surface area contributed by atoms with Gasteiger partial charge >= 0.3 is 0 Å². The Labute approximate surface area is 237 Å². The van der Waals surface area contributed by atoms with Gasteiger partial charge in [0.25, 0.3) is 0 Å². The molecule has 0 unspecified atom stereocenters. The summed E-state index contributed by atoms with van der Waals surface area (Å²) in [6.45, 7) is 0. The van der Waals surface area contributed by atoms with Crippen molar-refractivity contribution < 1.29 is 60.5 Å². The van der Waals surface area contributed by atoms with Crippen LogP contribution >= 0.6 is 0 Å². The summed E-state index contributed by atoms with van der Waals surface area (Å²) in [5, 5.41) is 106. The summed E-state index contributed by atoms with van der Waals surface area (Å²) in [6.07, 6.45) is -8.75. The molecular weight excluding hydrogens is 552 g/mol. The summed E-state index contributed by atoms with van der Waals surface area (Å²) in [5.41, 5.74) is -0.177. The maximum atomic E-state index is 11.0. The lowest BCUT2D eigenvalue weighted by molar-refractivity contribution is -0.0711. The van der Waals surface area contributed by atoms with E-state index < -0.39 is 59.6 Å². The van der Waals surface area contributed by atoms with E-state index >= 15 is 0 Å². The van der Waals surface area contributed by atoms with Crippen LogP contribution in [-0.2, 0) is 0 Å². The minimum atomic E-state index is -1.65. The molecule has 0 saturated carbocycles. The third-order valence-electron chi connectivity index (χ3n) is 7.64. The van der Waals surface area contributed by atoms with Gasteiger partial charge in [-0.3, -0.25) is 0 Å². The number of hydrogen-bond donors (Lipinski definition) is 10. The maximum absolute atomic E-state index is 11.0. The minimum Gasteiger partial charge on any atom is -0.508 e. The number of aromatic hydroxyl groups is 6. The SMILES string of the molecule is Oc1ccc([C@H]2Oc3c(cc(-c4cc5c(c(O)c4O)O[C@H](c4ccc(O)cc4)[C@H](O)[C@H]5O)c(O)c3O)[C@@H](O)[C@H]2O)cc1. The van der Waals surface area contributed by atoms with Crippen LogP contribution in [-0.4, -0.2) is 63.3 Å². The molecule has 0 aliphatic carbocycles. The monoisotopic (exact) mass is 578 g/mol. The fraction of sp³-hybridized carbons (Fsp3) is 0.200. The van der Waals surface area contributed by atoms with E-state index in [1.54, 1.807) is 0 Å². The van der Waals surface area contributed by atoms with Gasteiger partial charge in [-0.25, -0.2) is 0 Å². The smallest absolute Gasteiger partial charge is 0.201 e. The van der Waals surface area contributed by atoms with Crippen LogP contribution in [0.5, 0.6) is 46.0 Å². The molecule has 12 heteroatoms. The first kappa shape index (κ1) is 27.3. The highest BCUT2D eigenvalue weighted by Crippen LogP contribution is 2.57. The van der Waals surface area contributed by atoms with E-state index in [9.17, 15) is 51.1 Å². The van der Waals surface area contributed by atoms with Gasteiger partial charge in [0.1, 0.15) is 35.9 Å². The maximum Gasteiger partial charge on any atom is 0.201 e. The molecule has 0 amide bonds. The standard InChI is InChI=1S/C30H26O12/c31-13-5-1-11(2-6-13)27-23(37)21(35)17-9-15(19(33)25(39)29(17)41-27)16-10-18-22(36)24(38)28(12-3-7-14(32)8-4-12)42-30(18)26(40)20(16)34/h1-10,21-24,27-28,31-40H/t21-,22+,23-,24-,27-,28-/m1/s1. The Bertz CT molecular complexity index is 1540. The average Bonchev–Trinajstić information content (AvgIpc) is 2.98. The van der Waals surface area contributed by atoms with E-state index in [1.807, 2.05) is 0 Å².